The monoisotopic (exact) mass is 272 g/mol. The molecule has 2 rings (SSSR count). The van der Waals surface area contributed by atoms with Crippen molar-refractivity contribution in [1.29, 1.82) is 0 Å². The Morgan fingerprint density at radius 3 is 2.47 bits per heavy atom. The first-order chi connectivity index (χ1) is 8.09. The Morgan fingerprint density at radius 1 is 1.18 bits per heavy atom. The number of hydrogen-bond acceptors (Lipinski definition) is 2. The molecule has 90 valence electrons. The van der Waals surface area contributed by atoms with Gasteiger partial charge < -0.3 is 10.2 Å². The topological polar surface area (TPSA) is 49.4 Å². The highest BCUT2D eigenvalue weighted by atomic mass is 35.5. The van der Waals surface area contributed by atoms with E-state index in [4.69, 9.17) is 23.2 Å². The maximum absolute atomic E-state index is 11.9. The fourth-order valence-corrected chi connectivity index (χ4v) is 2.28. The van der Waals surface area contributed by atoms with Crippen LogP contribution in [-0.4, -0.2) is 24.9 Å². The number of para-hydroxylation sites is 1. The maximum atomic E-state index is 11.9. The number of amides is 2. The Balaban J connectivity index is 2.38. The van der Waals surface area contributed by atoms with E-state index >= 15 is 0 Å². The van der Waals surface area contributed by atoms with E-state index in [1.54, 1.807) is 18.2 Å². The molecule has 0 spiro atoms. The molecule has 4 nitrogen and oxygen atoms in total. The fourth-order valence-electron chi connectivity index (χ4n) is 1.68. The van der Waals surface area contributed by atoms with E-state index in [0.717, 1.165) is 0 Å². The zero-order valence-corrected chi connectivity index (χ0v) is 10.4. The summed E-state index contributed by atoms with van der Waals surface area (Å²) in [5.41, 5.74) is 0.470. The van der Waals surface area contributed by atoms with Gasteiger partial charge in [-0.3, -0.25) is 9.59 Å². The first-order valence-corrected chi connectivity index (χ1v) is 5.86. The van der Waals surface area contributed by atoms with Gasteiger partial charge in [0, 0.05) is 13.0 Å². The Kier molecular flexibility index (Phi) is 3.54. The predicted molar refractivity (Wildman–Crippen MR) is 66.4 cm³/mol. The molecule has 0 bridgehead atoms. The predicted octanol–water partition coefficient (Wildman–Crippen LogP) is 1.85. The van der Waals surface area contributed by atoms with Crippen molar-refractivity contribution in [3.8, 4) is 0 Å². The Morgan fingerprint density at radius 2 is 1.82 bits per heavy atom. The van der Waals surface area contributed by atoms with Crippen molar-refractivity contribution in [3.63, 3.8) is 0 Å². The van der Waals surface area contributed by atoms with Crippen LogP contribution in [0.5, 0.6) is 0 Å². The summed E-state index contributed by atoms with van der Waals surface area (Å²) in [5.74, 6) is -0.366. The molecule has 1 fully saturated rings. The lowest BCUT2D eigenvalue weighted by Crippen LogP contribution is -2.35. The first kappa shape index (κ1) is 12.2. The Bertz CT molecular complexity index is 456. The van der Waals surface area contributed by atoms with Gasteiger partial charge in [0.1, 0.15) is 0 Å². The largest absolute Gasteiger partial charge is 0.347 e. The van der Waals surface area contributed by atoms with Gasteiger partial charge in [-0.25, -0.2) is 0 Å². The molecule has 0 atom stereocenters. The second-order valence-electron chi connectivity index (χ2n) is 3.64. The van der Waals surface area contributed by atoms with Crippen LogP contribution >= 0.6 is 23.2 Å². The van der Waals surface area contributed by atoms with E-state index in [0.29, 0.717) is 15.7 Å². The van der Waals surface area contributed by atoms with Gasteiger partial charge in [0.15, 0.2) is 0 Å². The van der Waals surface area contributed by atoms with Crippen molar-refractivity contribution in [2.45, 2.75) is 6.42 Å². The second kappa shape index (κ2) is 4.94. The van der Waals surface area contributed by atoms with Crippen molar-refractivity contribution in [3.05, 3.63) is 28.2 Å². The molecule has 1 aromatic rings. The van der Waals surface area contributed by atoms with Gasteiger partial charge in [-0.2, -0.15) is 0 Å². The molecule has 2 amide bonds. The SMILES string of the molecule is O=C1CCN(c2c(Cl)cccc2Cl)C(=O)CN1. The van der Waals surface area contributed by atoms with Gasteiger partial charge in [0.25, 0.3) is 0 Å². The van der Waals surface area contributed by atoms with Crippen molar-refractivity contribution < 1.29 is 9.59 Å². The van der Waals surface area contributed by atoms with E-state index in [9.17, 15) is 9.59 Å². The lowest BCUT2D eigenvalue weighted by atomic mass is 10.2. The maximum Gasteiger partial charge on any atom is 0.246 e. The summed E-state index contributed by atoms with van der Waals surface area (Å²) < 4.78 is 0. The molecule has 1 aliphatic rings. The lowest BCUT2D eigenvalue weighted by molar-refractivity contribution is -0.123. The standard InChI is InChI=1S/C11H10Cl2N2O2/c12-7-2-1-3-8(13)11(7)15-5-4-9(16)14-6-10(15)17/h1-3H,4-6H2,(H,14,16). The third kappa shape index (κ3) is 2.53. The molecular weight excluding hydrogens is 263 g/mol. The number of benzene rings is 1. The molecule has 17 heavy (non-hydrogen) atoms. The van der Waals surface area contributed by atoms with E-state index < -0.39 is 0 Å². The lowest BCUT2D eigenvalue weighted by Gasteiger charge is -2.22. The number of anilines is 1. The number of carbonyl (C=O) groups is 2. The van der Waals surface area contributed by atoms with Crippen LogP contribution in [0.4, 0.5) is 5.69 Å². The van der Waals surface area contributed by atoms with Gasteiger partial charge in [-0.05, 0) is 12.1 Å². The number of halogens is 2. The molecule has 1 saturated heterocycles. The van der Waals surface area contributed by atoms with Gasteiger partial charge in [-0.15, -0.1) is 0 Å². The van der Waals surface area contributed by atoms with E-state index in [2.05, 4.69) is 5.32 Å². The van der Waals surface area contributed by atoms with Crippen LogP contribution in [0.25, 0.3) is 0 Å². The van der Waals surface area contributed by atoms with Crippen LogP contribution in [0.3, 0.4) is 0 Å². The normalized spacial score (nSPS) is 16.7. The van der Waals surface area contributed by atoms with Gasteiger partial charge >= 0.3 is 0 Å². The first-order valence-electron chi connectivity index (χ1n) is 5.10. The zero-order chi connectivity index (χ0) is 12.4. The van der Waals surface area contributed by atoms with E-state index in [1.807, 2.05) is 0 Å². The van der Waals surface area contributed by atoms with Gasteiger partial charge in [0.05, 0.1) is 22.3 Å². The van der Waals surface area contributed by atoms with Crippen molar-refractivity contribution in [2.24, 2.45) is 0 Å². The van der Waals surface area contributed by atoms with Gasteiger partial charge in [-0.1, -0.05) is 29.3 Å². The summed E-state index contributed by atoms with van der Waals surface area (Å²) in [4.78, 5) is 24.5. The number of nitrogens with zero attached hydrogens (tertiary/aromatic N) is 1. The smallest absolute Gasteiger partial charge is 0.246 e. The quantitative estimate of drug-likeness (QED) is 0.848. The highest BCUT2D eigenvalue weighted by molar-refractivity contribution is 6.40. The summed E-state index contributed by atoms with van der Waals surface area (Å²) in [7, 11) is 0. The average molecular weight is 273 g/mol. The minimum absolute atomic E-state index is 0.0274. The van der Waals surface area contributed by atoms with E-state index in [-0.39, 0.29) is 31.3 Å². The van der Waals surface area contributed by atoms with Gasteiger partial charge in [0.2, 0.25) is 11.8 Å². The Labute approximate surface area is 108 Å². The fraction of sp³-hybridized carbons (Fsp3) is 0.273. The van der Waals surface area contributed by atoms with Crippen molar-refractivity contribution in [1.82, 2.24) is 5.32 Å². The van der Waals surface area contributed by atoms with Crippen molar-refractivity contribution >= 4 is 40.7 Å². The number of carbonyl (C=O) groups excluding carboxylic acids is 2. The third-order valence-electron chi connectivity index (χ3n) is 2.51. The van der Waals surface area contributed by atoms with Crippen LogP contribution < -0.4 is 10.2 Å². The second-order valence-corrected chi connectivity index (χ2v) is 4.46. The molecule has 1 aromatic carbocycles. The van der Waals surface area contributed by atoms with E-state index in [1.165, 1.54) is 4.90 Å². The summed E-state index contributed by atoms with van der Waals surface area (Å²) in [6.07, 6.45) is 0.243. The highest BCUT2D eigenvalue weighted by Gasteiger charge is 2.24. The minimum Gasteiger partial charge on any atom is -0.347 e. The molecule has 1 aliphatic heterocycles. The molecular formula is C11H10Cl2N2O2. The Hall–Kier alpha value is -1.26. The molecule has 6 heteroatoms. The van der Waals surface area contributed by atoms with Crippen molar-refractivity contribution in [2.75, 3.05) is 18.0 Å². The van der Waals surface area contributed by atoms with Crippen LogP contribution in [0.15, 0.2) is 18.2 Å². The molecule has 1 heterocycles. The molecule has 0 aliphatic carbocycles. The molecule has 0 saturated carbocycles. The summed E-state index contributed by atoms with van der Waals surface area (Å²) >= 11 is 12.1. The zero-order valence-electron chi connectivity index (χ0n) is 8.87. The van der Waals surface area contributed by atoms with Crippen LogP contribution in [0, 0.1) is 0 Å². The summed E-state index contributed by atoms with van der Waals surface area (Å²) in [6, 6.07) is 5.03. The third-order valence-corrected chi connectivity index (χ3v) is 3.12. The molecule has 1 N–H and O–H groups in total. The van der Waals surface area contributed by atoms with Crippen LogP contribution in [0.2, 0.25) is 10.0 Å². The minimum atomic E-state index is -0.217. The average Bonchev–Trinajstić information content (AvgIpc) is 2.44. The molecule has 0 aromatic heterocycles. The van der Waals surface area contributed by atoms with Crippen LogP contribution in [-0.2, 0) is 9.59 Å². The van der Waals surface area contributed by atoms with Crippen LogP contribution in [0.1, 0.15) is 6.42 Å². The summed E-state index contributed by atoms with van der Waals surface area (Å²) in [6.45, 7) is 0.258. The molecule has 0 unspecified atom stereocenters. The molecule has 0 radical (unpaired) electrons. The highest BCUT2D eigenvalue weighted by Crippen LogP contribution is 2.33. The number of hydrogen-bond donors (Lipinski definition) is 1. The number of nitrogens with one attached hydrogen (secondary N) is 1. The number of rotatable bonds is 1. The summed E-state index contributed by atoms with van der Waals surface area (Å²) in [5, 5.41) is 3.32.